The summed E-state index contributed by atoms with van der Waals surface area (Å²) in [7, 11) is 1.58. The lowest BCUT2D eigenvalue weighted by atomic mass is 9.88. The molecule has 138 valence electrons. The van der Waals surface area contributed by atoms with E-state index < -0.39 is 23.8 Å². The SMILES string of the molecule is COc1ccc(CC(CCC(Cc2ccccc2)C(=O)O)C(=O)O)cc1. The highest BCUT2D eigenvalue weighted by molar-refractivity contribution is 5.72. The molecule has 0 amide bonds. The average Bonchev–Trinajstić information content (AvgIpc) is 2.64. The molecule has 26 heavy (non-hydrogen) atoms. The molecule has 0 aliphatic rings. The predicted molar refractivity (Wildman–Crippen MR) is 98.3 cm³/mol. The van der Waals surface area contributed by atoms with E-state index in [0.29, 0.717) is 25.7 Å². The maximum absolute atomic E-state index is 11.6. The zero-order chi connectivity index (χ0) is 18.9. The highest BCUT2D eigenvalue weighted by Crippen LogP contribution is 2.22. The minimum Gasteiger partial charge on any atom is -0.497 e. The summed E-state index contributed by atoms with van der Waals surface area (Å²) in [6.07, 6.45) is 1.44. The summed E-state index contributed by atoms with van der Waals surface area (Å²) in [5.74, 6) is -2.27. The van der Waals surface area contributed by atoms with Crippen molar-refractivity contribution in [3.63, 3.8) is 0 Å². The molecule has 0 aromatic heterocycles. The second-order valence-electron chi connectivity index (χ2n) is 6.39. The predicted octanol–water partition coefficient (Wildman–Crippen LogP) is 3.66. The van der Waals surface area contributed by atoms with Crippen molar-refractivity contribution in [3.8, 4) is 5.75 Å². The number of benzene rings is 2. The van der Waals surface area contributed by atoms with Crippen molar-refractivity contribution >= 4 is 11.9 Å². The van der Waals surface area contributed by atoms with Gasteiger partial charge in [0.05, 0.1) is 18.9 Å². The Kier molecular flexibility index (Phi) is 7.21. The van der Waals surface area contributed by atoms with Crippen LogP contribution in [0.5, 0.6) is 5.75 Å². The molecule has 0 fully saturated rings. The maximum Gasteiger partial charge on any atom is 0.306 e. The molecule has 2 aromatic carbocycles. The fraction of sp³-hybridized carbons (Fsp3) is 0.333. The van der Waals surface area contributed by atoms with Crippen molar-refractivity contribution in [1.82, 2.24) is 0 Å². The van der Waals surface area contributed by atoms with Crippen LogP contribution in [0.25, 0.3) is 0 Å². The summed E-state index contributed by atoms with van der Waals surface area (Å²) in [6, 6.07) is 16.7. The summed E-state index contributed by atoms with van der Waals surface area (Å²) < 4.78 is 5.10. The Bertz CT molecular complexity index is 709. The molecule has 0 spiro atoms. The Morgan fingerprint density at radius 3 is 1.69 bits per heavy atom. The van der Waals surface area contributed by atoms with Gasteiger partial charge in [0.25, 0.3) is 0 Å². The molecule has 2 N–H and O–H groups in total. The highest BCUT2D eigenvalue weighted by atomic mass is 16.5. The molecule has 0 aliphatic carbocycles. The van der Waals surface area contributed by atoms with Crippen LogP contribution in [0.1, 0.15) is 24.0 Å². The number of methoxy groups -OCH3 is 1. The number of carboxylic acids is 2. The van der Waals surface area contributed by atoms with Gasteiger partial charge in [-0.3, -0.25) is 9.59 Å². The normalized spacial score (nSPS) is 13.0. The quantitative estimate of drug-likeness (QED) is 0.679. The first-order valence-corrected chi connectivity index (χ1v) is 8.62. The van der Waals surface area contributed by atoms with Crippen LogP contribution in [0.2, 0.25) is 0 Å². The molecule has 0 heterocycles. The topological polar surface area (TPSA) is 83.8 Å². The molecular weight excluding hydrogens is 332 g/mol. The number of hydrogen-bond donors (Lipinski definition) is 2. The molecule has 0 radical (unpaired) electrons. The van der Waals surface area contributed by atoms with Crippen LogP contribution in [0.15, 0.2) is 54.6 Å². The van der Waals surface area contributed by atoms with Crippen molar-refractivity contribution in [3.05, 3.63) is 65.7 Å². The standard InChI is InChI=1S/C21H24O5/c1-26-19-11-7-16(8-12-19)14-18(21(24)25)10-9-17(20(22)23)13-15-5-3-2-4-6-15/h2-8,11-12,17-18H,9-10,13-14H2,1H3,(H,22,23)(H,24,25). The van der Waals surface area contributed by atoms with Gasteiger partial charge in [0.15, 0.2) is 0 Å². The number of carbonyl (C=O) groups is 2. The summed E-state index contributed by atoms with van der Waals surface area (Å²) in [5, 5.41) is 19.0. The molecule has 0 aliphatic heterocycles. The van der Waals surface area contributed by atoms with Gasteiger partial charge in [-0.05, 0) is 48.9 Å². The fourth-order valence-corrected chi connectivity index (χ4v) is 2.97. The first-order chi connectivity index (χ1) is 12.5. The summed E-state index contributed by atoms with van der Waals surface area (Å²) in [6.45, 7) is 0. The van der Waals surface area contributed by atoms with Crippen LogP contribution >= 0.6 is 0 Å². The van der Waals surface area contributed by atoms with Crippen LogP contribution in [0.3, 0.4) is 0 Å². The van der Waals surface area contributed by atoms with Gasteiger partial charge in [0.1, 0.15) is 5.75 Å². The van der Waals surface area contributed by atoms with Crippen molar-refractivity contribution in [2.24, 2.45) is 11.8 Å². The third-order valence-corrected chi connectivity index (χ3v) is 4.53. The van der Waals surface area contributed by atoms with E-state index in [2.05, 4.69) is 0 Å². The molecule has 5 heteroatoms. The Hall–Kier alpha value is -2.82. The summed E-state index contributed by atoms with van der Waals surface area (Å²) in [4.78, 5) is 23.1. The summed E-state index contributed by atoms with van der Waals surface area (Å²) in [5.41, 5.74) is 1.84. The molecule has 2 atom stereocenters. The molecule has 0 saturated heterocycles. The Morgan fingerprint density at radius 2 is 1.27 bits per heavy atom. The zero-order valence-corrected chi connectivity index (χ0v) is 14.8. The lowest BCUT2D eigenvalue weighted by Gasteiger charge is -2.17. The van der Waals surface area contributed by atoms with E-state index in [0.717, 1.165) is 16.9 Å². The van der Waals surface area contributed by atoms with Gasteiger partial charge in [-0.15, -0.1) is 0 Å². The molecule has 2 unspecified atom stereocenters. The van der Waals surface area contributed by atoms with Crippen molar-refractivity contribution in [2.45, 2.75) is 25.7 Å². The van der Waals surface area contributed by atoms with Crippen LogP contribution in [-0.4, -0.2) is 29.3 Å². The van der Waals surface area contributed by atoms with Crippen LogP contribution in [0, 0.1) is 11.8 Å². The third kappa shape index (κ3) is 5.92. The minimum atomic E-state index is -0.898. The first kappa shape index (κ1) is 19.5. The van der Waals surface area contributed by atoms with Gasteiger partial charge in [-0.25, -0.2) is 0 Å². The van der Waals surface area contributed by atoms with Gasteiger partial charge < -0.3 is 14.9 Å². The summed E-state index contributed by atoms with van der Waals surface area (Å²) >= 11 is 0. The molecule has 2 aromatic rings. The Morgan fingerprint density at radius 1 is 0.808 bits per heavy atom. The lowest BCUT2D eigenvalue weighted by Crippen LogP contribution is -2.22. The average molecular weight is 356 g/mol. The minimum absolute atomic E-state index is 0.325. The van der Waals surface area contributed by atoms with Crippen molar-refractivity contribution in [1.29, 1.82) is 0 Å². The maximum atomic E-state index is 11.6. The van der Waals surface area contributed by atoms with Crippen molar-refractivity contribution in [2.75, 3.05) is 7.11 Å². The monoisotopic (exact) mass is 356 g/mol. The highest BCUT2D eigenvalue weighted by Gasteiger charge is 2.24. The van der Waals surface area contributed by atoms with Crippen LogP contribution < -0.4 is 4.74 Å². The largest absolute Gasteiger partial charge is 0.497 e. The van der Waals surface area contributed by atoms with Gasteiger partial charge in [-0.2, -0.15) is 0 Å². The van der Waals surface area contributed by atoms with Crippen LogP contribution in [0.4, 0.5) is 0 Å². The fourth-order valence-electron chi connectivity index (χ4n) is 2.97. The van der Waals surface area contributed by atoms with Gasteiger partial charge in [-0.1, -0.05) is 42.5 Å². The number of ether oxygens (including phenoxy) is 1. The molecule has 5 nitrogen and oxygen atoms in total. The van der Waals surface area contributed by atoms with Gasteiger partial charge in [0, 0.05) is 0 Å². The second-order valence-corrected chi connectivity index (χ2v) is 6.39. The zero-order valence-electron chi connectivity index (χ0n) is 14.8. The third-order valence-electron chi connectivity index (χ3n) is 4.53. The van der Waals surface area contributed by atoms with Gasteiger partial charge >= 0.3 is 11.9 Å². The Balaban J connectivity index is 1.98. The molecule has 2 rings (SSSR count). The van der Waals surface area contributed by atoms with E-state index in [-0.39, 0.29) is 0 Å². The molecule has 0 saturated carbocycles. The van der Waals surface area contributed by atoms with E-state index in [1.54, 1.807) is 19.2 Å². The molecule has 0 bridgehead atoms. The smallest absolute Gasteiger partial charge is 0.306 e. The Labute approximate surface area is 153 Å². The van der Waals surface area contributed by atoms with E-state index >= 15 is 0 Å². The number of aliphatic carboxylic acids is 2. The van der Waals surface area contributed by atoms with Crippen LogP contribution in [-0.2, 0) is 22.4 Å². The number of hydrogen-bond acceptors (Lipinski definition) is 3. The van der Waals surface area contributed by atoms with Crippen molar-refractivity contribution < 1.29 is 24.5 Å². The van der Waals surface area contributed by atoms with E-state index in [1.165, 1.54) is 0 Å². The molecular formula is C21H24O5. The first-order valence-electron chi connectivity index (χ1n) is 8.62. The van der Waals surface area contributed by atoms with E-state index in [4.69, 9.17) is 4.74 Å². The number of rotatable bonds is 10. The van der Waals surface area contributed by atoms with E-state index in [1.807, 2.05) is 42.5 Å². The van der Waals surface area contributed by atoms with E-state index in [9.17, 15) is 19.8 Å². The second kappa shape index (κ2) is 9.61. The van der Waals surface area contributed by atoms with Gasteiger partial charge in [0.2, 0.25) is 0 Å². The lowest BCUT2D eigenvalue weighted by molar-refractivity contribution is -0.145. The number of carboxylic acid groups (broad SMARTS) is 2.